The van der Waals surface area contributed by atoms with Gasteiger partial charge in [-0.1, -0.05) is 0 Å². The number of carbonyl (C=O) groups is 1. The first kappa shape index (κ1) is 15.3. The highest BCUT2D eigenvalue weighted by atomic mass is 16.6. The minimum atomic E-state index is -0.526. The minimum Gasteiger partial charge on any atom is -0.444 e. The number of nitro benzene ring substituents is 1. The summed E-state index contributed by atoms with van der Waals surface area (Å²) < 4.78 is 5.37. The number of non-ortho nitro benzene ring substituents is 1. The molecule has 0 bridgehead atoms. The van der Waals surface area contributed by atoms with Gasteiger partial charge in [0.15, 0.2) is 0 Å². The Bertz CT molecular complexity index is 590. The molecule has 21 heavy (non-hydrogen) atoms. The molecule has 1 heterocycles. The van der Waals surface area contributed by atoms with Crippen molar-refractivity contribution >= 4 is 11.8 Å². The van der Waals surface area contributed by atoms with Gasteiger partial charge in [-0.3, -0.25) is 10.1 Å². The van der Waals surface area contributed by atoms with Crippen LogP contribution in [0, 0.1) is 17.0 Å². The first-order chi connectivity index (χ1) is 9.67. The molecule has 114 valence electrons. The van der Waals surface area contributed by atoms with Gasteiger partial charge in [0, 0.05) is 25.2 Å². The molecule has 0 saturated heterocycles. The Kier molecular flexibility index (Phi) is 3.89. The van der Waals surface area contributed by atoms with Gasteiger partial charge in [0.1, 0.15) is 5.60 Å². The van der Waals surface area contributed by atoms with E-state index in [-0.39, 0.29) is 16.7 Å². The highest BCUT2D eigenvalue weighted by Gasteiger charge is 2.27. The van der Waals surface area contributed by atoms with Gasteiger partial charge in [0.25, 0.3) is 5.69 Å². The molecule has 0 atom stereocenters. The largest absolute Gasteiger partial charge is 0.444 e. The second-order valence-electron chi connectivity index (χ2n) is 6.31. The van der Waals surface area contributed by atoms with Gasteiger partial charge < -0.3 is 9.64 Å². The van der Waals surface area contributed by atoms with E-state index in [1.165, 1.54) is 0 Å². The van der Waals surface area contributed by atoms with E-state index in [1.54, 1.807) is 17.0 Å². The fourth-order valence-corrected chi connectivity index (χ4v) is 2.43. The third-order valence-corrected chi connectivity index (χ3v) is 3.41. The lowest BCUT2D eigenvalue weighted by atomic mass is 9.95. The fraction of sp³-hybridized carbons (Fsp3) is 0.533. The Morgan fingerprint density at radius 3 is 2.62 bits per heavy atom. The molecule has 0 fully saturated rings. The standard InChI is InChI=1S/C15H20N2O4/c1-10-7-12(17(19)20)8-11-5-6-16(9-13(10)11)14(18)21-15(2,3)4/h7-8H,5-6,9H2,1-4H3. The molecule has 0 unspecified atom stereocenters. The highest BCUT2D eigenvalue weighted by molar-refractivity contribution is 5.69. The molecule has 1 aromatic carbocycles. The number of aryl methyl sites for hydroxylation is 1. The number of carbonyl (C=O) groups excluding carboxylic acids is 1. The molecule has 6 nitrogen and oxygen atoms in total. The third-order valence-electron chi connectivity index (χ3n) is 3.41. The summed E-state index contributed by atoms with van der Waals surface area (Å²) in [6.45, 7) is 8.28. The molecule has 1 aliphatic heterocycles. The lowest BCUT2D eigenvalue weighted by Crippen LogP contribution is -2.40. The SMILES string of the molecule is Cc1cc([N+](=O)[O-])cc2c1CN(C(=O)OC(C)(C)C)CC2. The monoisotopic (exact) mass is 292 g/mol. The van der Waals surface area contributed by atoms with Gasteiger partial charge >= 0.3 is 6.09 Å². The Morgan fingerprint density at radius 2 is 2.05 bits per heavy atom. The predicted octanol–water partition coefficient (Wildman–Crippen LogP) is 3.20. The van der Waals surface area contributed by atoms with Crippen LogP contribution in [0.2, 0.25) is 0 Å². The van der Waals surface area contributed by atoms with Crippen LogP contribution in [-0.2, 0) is 17.7 Å². The van der Waals surface area contributed by atoms with E-state index in [1.807, 2.05) is 27.7 Å². The van der Waals surface area contributed by atoms with Gasteiger partial charge in [-0.2, -0.15) is 0 Å². The van der Waals surface area contributed by atoms with Crippen molar-refractivity contribution in [3.05, 3.63) is 38.9 Å². The van der Waals surface area contributed by atoms with Crippen LogP contribution in [0.25, 0.3) is 0 Å². The molecular weight excluding hydrogens is 272 g/mol. The molecule has 1 amide bonds. The van der Waals surface area contributed by atoms with E-state index < -0.39 is 5.60 Å². The summed E-state index contributed by atoms with van der Waals surface area (Å²) in [4.78, 5) is 24.3. The van der Waals surface area contributed by atoms with E-state index in [4.69, 9.17) is 4.74 Å². The average Bonchev–Trinajstić information content (AvgIpc) is 2.36. The third kappa shape index (κ3) is 3.51. The summed E-state index contributed by atoms with van der Waals surface area (Å²) >= 11 is 0. The number of hydrogen-bond donors (Lipinski definition) is 0. The van der Waals surface area contributed by atoms with Gasteiger partial charge in [-0.25, -0.2) is 4.79 Å². The van der Waals surface area contributed by atoms with Crippen LogP contribution >= 0.6 is 0 Å². The smallest absolute Gasteiger partial charge is 0.410 e. The number of rotatable bonds is 1. The summed E-state index contributed by atoms with van der Waals surface area (Å²) in [5, 5.41) is 10.9. The lowest BCUT2D eigenvalue weighted by molar-refractivity contribution is -0.385. The van der Waals surface area contributed by atoms with Crippen molar-refractivity contribution in [1.29, 1.82) is 0 Å². The zero-order valence-corrected chi connectivity index (χ0v) is 12.8. The second kappa shape index (κ2) is 5.35. The molecule has 0 saturated carbocycles. The number of hydrogen-bond acceptors (Lipinski definition) is 4. The molecule has 1 aromatic rings. The van der Waals surface area contributed by atoms with Crippen molar-refractivity contribution in [3.8, 4) is 0 Å². The molecule has 0 spiro atoms. The molecule has 0 aromatic heterocycles. The Labute approximate surface area is 123 Å². The van der Waals surface area contributed by atoms with Crippen LogP contribution in [0.4, 0.5) is 10.5 Å². The van der Waals surface area contributed by atoms with Crippen molar-refractivity contribution < 1.29 is 14.5 Å². The normalized spacial score (nSPS) is 14.6. The molecule has 0 N–H and O–H groups in total. The average molecular weight is 292 g/mol. The Balaban J connectivity index is 2.21. The Hall–Kier alpha value is -2.11. The molecule has 1 aliphatic rings. The quantitative estimate of drug-likeness (QED) is 0.588. The van der Waals surface area contributed by atoms with Gasteiger partial charge in [-0.15, -0.1) is 0 Å². The van der Waals surface area contributed by atoms with Crippen LogP contribution in [0.3, 0.4) is 0 Å². The first-order valence-electron chi connectivity index (χ1n) is 6.92. The maximum atomic E-state index is 12.1. The van der Waals surface area contributed by atoms with Gasteiger partial charge in [-0.05, 0) is 50.8 Å². The summed E-state index contributed by atoms with van der Waals surface area (Å²) in [6, 6.07) is 3.16. The predicted molar refractivity (Wildman–Crippen MR) is 78.2 cm³/mol. The fourth-order valence-electron chi connectivity index (χ4n) is 2.43. The summed E-state index contributed by atoms with van der Waals surface area (Å²) in [6.07, 6.45) is 0.266. The summed E-state index contributed by atoms with van der Waals surface area (Å²) in [5.74, 6) is 0. The van der Waals surface area contributed by atoms with E-state index in [0.717, 1.165) is 16.7 Å². The van der Waals surface area contributed by atoms with E-state index in [0.29, 0.717) is 19.5 Å². The van der Waals surface area contributed by atoms with Crippen molar-refractivity contribution in [1.82, 2.24) is 4.90 Å². The van der Waals surface area contributed by atoms with Crippen molar-refractivity contribution in [2.75, 3.05) is 6.54 Å². The molecule has 0 radical (unpaired) electrons. The highest BCUT2D eigenvalue weighted by Crippen LogP contribution is 2.28. The van der Waals surface area contributed by atoms with Crippen molar-refractivity contribution in [3.63, 3.8) is 0 Å². The molecule has 2 rings (SSSR count). The lowest BCUT2D eigenvalue weighted by Gasteiger charge is -2.31. The second-order valence-corrected chi connectivity index (χ2v) is 6.31. The minimum absolute atomic E-state index is 0.108. The van der Waals surface area contributed by atoms with Crippen LogP contribution in [-0.4, -0.2) is 28.1 Å². The number of nitrogens with zero attached hydrogens (tertiary/aromatic N) is 2. The van der Waals surface area contributed by atoms with Crippen LogP contribution in [0.15, 0.2) is 12.1 Å². The summed E-state index contributed by atoms with van der Waals surface area (Å²) in [5.41, 5.74) is 2.35. The van der Waals surface area contributed by atoms with Crippen molar-refractivity contribution in [2.45, 2.75) is 46.3 Å². The van der Waals surface area contributed by atoms with E-state index in [9.17, 15) is 14.9 Å². The number of amides is 1. The molecule has 0 aliphatic carbocycles. The maximum Gasteiger partial charge on any atom is 0.410 e. The number of ether oxygens (including phenoxy) is 1. The van der Waals surface area contributed by atoms with Gasteiger partial charge in [0.2, 0.25) is 0 Å². The molecular formula is C15H20N2O4. The van der Waals surface area contributed by atoms with Crippen LogP contribution < -0.4 is 0 Å². The zero-order valence-electron chi connectivity index (χ0n) is 12.8. The number of fused-ring (bicyclic) bond motifs is 1. The summed E-state index contributed by atoms with van der Waals surface area (Å²) in [7, 11) is 0. The maximum absolute atomic E-state index is 12.1. The van der Waals surface area contributed by atoms with E-state index >= 15 is 0 Å². The number of benzene rings is 1. The first-order valence-corrected chi connectivity index (χ1v) is 6.92. The zero-order chi connectivity index (χ0) is 15.8. The van der Waals surface area contributed by atoms with Crippen molar-refractivity contribution in [2.24, 2.45) is 0 Å². The molecule has 6 heteroatoms. The topological polar surface area (TPSA) is 72.7 Å². The van der Waals surface area contributed by atoms with Crippen LogP contribution in [0.1, 0.15) is 37.5 Å². The van der Waals surface area contributed by atoms with Gasteiger partial charge in [0.05, 0.1) is 4.92 Å². The van der Waals surface area contributed by atoms with E-state index in [2.05, 4.69) is 0 Å². The number of nitro groups is 1. The van der Waals surface area contributed by atoms with Crippen LogP contribution in [0.5, 0.6) is 0 Å². The Morgan fingerprint density at radius 1 is 1.38 bits per heavy atom.